The fraction of sp³-hybridized carbons (Fsp3) is 0.552. The summed E-state index contributed by atoms with van der Waals surface area (Å²) < 4.78 is 5.28. The predicted octanol–water partition coefficient (Wildman–Crippen LogP) is 4.35. The number of carbonyl (C=O) groups excluding carboxylic acids is 4. The van der Waals surface area contributed by atoms with Gasteiger partial charge in [-0.2, -0.15) is 0 Å². The second-order valence-corrected chi connectivity index (χ2v) is 13.7. The van der Waals surface area contributed by atoms with Crippen molar-refractivity contribution in [3.8, 4) is 10.4 Å². The number of nitrogens with zero attached hydrogens (tertiary/aromatic N) is 2. The topological polar surface area (TPSA) is 144 Å². The largest absolute Gasteiger partial charge is 0.459 e. The third kappa shape index (κ3) is 8.25. The minimum absolute atomic E-state index is 0.0223. The average Bonchev–Trinajstić information content (AvgIpc) is 3.51. The molecule has 4 unspecified atom stereocenters. The van der Waals surface area contributed by atoms with Crippen LogP contribution in [0.1, 0.15) is 65.3 Å². The summed E-state index contributed by atoms with van der Waals surface area (Å²) in [7, 11) is 0. The number of hydrogen-bond donors (Lipinski definition) is 3. The number of hydrogen-bond acceptors (Lipinski definition) is 8. The maximum atomic E-state index is 13.8. The average molecular weight is 698 g/mol. The Labute approximate surface area is 259 Å². The van der Waals surface area contributed by atoms with E-state index in [9.17, 15) is 19.2 Å². The predicted molar refractivity (Wildman–Crippen MR) is 167 cm³/mol. The molecule has 0 saturated carbocycles. The number of esters is 1. The van der Waals surface area contributed by atoms with E-state index in [-0.39, 0.29) is 34.7 Å². The van der Waals surface area contributed by atoms with Crippen molar-refractivity contribution in [1.29, 1.82) is 0 Å². The minimum Gasteiger partial charge on any atom is -0.459 e. The summed E-state index contributed by atoms with van der Waals surface area (Å²) in [5.74, 6) is -1.48. The Bertz CT molecular complexity index is 1260. The van der Waals surface area contributed by atoms with Crippen LogP contribution in [0.4, 0.5) is 4.79 Å². The van der Waals surface area contributed by atoms with Crippen molar-refractivity contribution in [2.45, 2.75) is 85.2 Å². The number of thiazole rings is 1. The van der Waals surface area contributed by atoms with Gasteiger partial charge >= 0.3 is 5.97 Å². The van der Waals surface area contributed by atoms with Crippen LogP contribution < -0.4 is 16.4 Å². The molecule has 5 atom stereocenters. The Morgan fingerprint density at radius 3 is 2.27 bits per heavy atom. The van der Waals surface area contributed by atoms with Crippen LogP contribution in [-0.4, -0.2) is 62.4 Å². The summed E-state index contributed by atoms with van der Waals surface area (Å²) in [4.78, 5) is 58.8. The van der Waals surface area contributed by atoms with E-state index >= 15 is 0 Å². The van der Waals surface area contributed by atoms with Gasteiger partial charge in [0.25, 0.3) is 3.91 Å². The van der Waals surface area contributed by atoms with Gasteiger partial charge in [-0.3, -0.25) is 19.2 Å². The van der Waals surface area contributed by atoms with Gasteiger partial charge in [-0.15, -0.1) is 11.3 Å². The minimum atomic E-state index is -0.895. The zero-order valence-electron chi connectivity index (χ0n) is 24.6. The van der Waals surface area contributed by atoms with Gasteiger partial charge in [-0.1, -0.05) is 58.9 Å². The second-order valence-electron chi connectivity index (χ2n) is 11.9. The number of ether oxygens (including phenoxy) is 1. The first-order chi connectivity index (χ1) is 19.1. The van der Waals surface area contributed by atoms with Crippen LogP contribution in [0.3, 0.4) is 0 Å². The van der Waals surface area contributed by atoms with Gasteiger partial charge < -0.3 is 26.0 Å². The van der Waals surface area contributed by atoms with Gasteiger partial charge in [0, 0.05) is 29.0 Å². The number of aromatic nitrogens is 1. The molecule has 224 valence electrons. The molecule has 0 radical (unpaired) electrons. The molecule has 10 nitrogen and oxygen atoms in total. The van der Waals surface area contributed by atoms with E-state index in [2.05, 4.69) is 15.6 Å². The van der Waals surface area contributed by atoms with Gasteiger partial charge in [0.2, 0.25) is 11.8 Å². The Kier molecular flexibility index (Phi) is 10.9. The first kappa shape index (κ1) is 32.9. The van der Waals surface area contributed by atoms with E-state index in [4.69, 9.17) is 10.5 Å². The Morgan fingerprint density at radius 1 is 1.12 bits per heavy atom. The highest BCUT2D eigenvalue weighted by Gasteiger charge is 2.46. The first-order valence-electron chi connectivity index (χ1n) is 13.6. The fourth-order valence-corrected chi connectivity index (χ4v) is 5.84. The number of likely N-dealkylation sites (tertiary alicyclic amines) is 1. The number of aryl methyl sites for hydroxylation is 1. The van der Waals surface area contributed by atoms with E-state index in [1.54, 1.807) is 33.9 Å². The van der Waals surface area contributed by atoms with Gasteiger partial charge in [-0.05, 0) is 36.3 Å². The molecule has 3 rings (SSSR count). The molecule has 2 aromatic rings. The maximum Gasteiger partial charge on any atom is 0.323 e. The molecule has 0 bridgehead atoms. The monoisotopic (exact) mass is 697 g/mol. The highest BCUT2D eigenvalue weighted by Crippen LogP contribution is 2.30. The number of carbonyl (C=O) groups is 4. The summed E-state index contributed by atoms with van der Waals surface area (Å²) >= 11 is 3.16. The van der Waals surface area contributed by atoms with Crippen LogP contribution in [0.5, 0.6) is 0 Å². The summed E-state index contributed by atoms with van der Waals surface area (Å²) in [6.07, 6.45) is -0.584. The maximum absolute atomic E-state index is 13.8. The highest BCUT2D eigenvalue weighted by atomic mass is 127. The number of nitrogens with two attached hydrogens (primary N) is 1. The lowest BCUT2D eigenvalue weighted by Gasteiger charge is -2.35. The normalized spacial score (nSPS) is 19.4. The second kappa shape index (κ2) is 13.6. The third-order valence-corrected chi connectivity index (χ3v) is 8.56. The van der Waals surface area contributed by atoms with E-state index < -0.39 is 41.5 Å². The molecule has 4 N–H and O–H groups in total. The molecule has 1 saturated heterocycles. The molecule has 0 aliphatic carbocycles. The lowest BCUT2D eigenvalue weighted by molar-refractivity contribution is -0.152. The van der Waals surface area contributed by atoms with Crippen LogP contribution in [0.15, 0.2) is 29.8 Å². The molecular weight excluding hydrogens is 657 g/mol. The van der Waals surface area contributed by atoms with Gasteiger partial charge in [0.05, 0.1) is 28.7 Å². The van der Waals surface area contributed by atoms with Crippen molar-refractivity contribution >= 4 is 55.6 Å². The third-order valence-electron chi connectivity index (χ3n) is 7.27. The SMILES string of the molecule is Cc1ncsc1-c1ccc(C(C)NC(=O)C2CC(OC(=O)[C@@H](N)C(C)C)CN2C(=O)C(NC(=O)I)C(C)(C)C)cc1. The molecule has 0 spiro atoms. The van der Waals surface area contributed by atoms with Crippen LogP contribution in [0.2, 0.25) is 0 Å². The zero-order valence-corrected chi connectivity index (χ0v) is 27.5. The number of benzene rings is 1. The molecule has 12 heteroatoms. The summed E-state index contributed by atoms with van der Waals surface area (Å²) in [5, 5.41) is 5.75. The van der Waals surface area contributed by atoms with Gasteiger partial charge in [-0.25, -0.2) is 4.98 Å². The molecule has 1 aromatic heterocycles. The number of amides is 3. The molecular formula is C29H40IN5O5S. The smallest absolute Gasteiger partial charge is 0.323 e. The van der Waals surface area contributed by atoms with E-state index in [0.717, 1.165) is 21.7 Å². The summed E-state index contributed by atoms with van der Waals surface area (Å²) in [6, 6.07) is 4.98. The molecule has 1 fully saturated rings. The summed E-state index contributed by atoms with van der Waals surface area (Å²) in [5.41, 5.74) is 10.1. The van der Waals surface area contributed by atoms with Gasteiger partial charge in [0.1, 0.15) is 24.2 Å². The molecule has 1 aromatic carbocycles. The van der Waals surface area contributed by atoms with Crippen molar-refractivity contribution in [1.82, 2.24) is 20.5 Å². The Morgan fingerprint density at radius 2 is 1.76 bits per heavy atom. The molecule has 1 aliphatic rings. The van der Waals surface area contributed by atoms with Crippen LogP contribution in [0.25, 0.3) is 10.4 Å². The zero-order chi connectivity index (χ0) is 30.6. The number of rotatable bonds is 9. The number of nitrogens with one attached hydrogen (secondary N) is 2. The quantitative estimate of drug-likeness (QED) is 0.153. The fourth-order valence-electron chi connectivity index (χ4n) is 4.71. The van der Waals surface area contributed by atoms with Gasteiger partial charge in [0.15, 0.2) is 0 Å². The standard InChI is InChI=1S/C29H40IN5O5S/c1-15(2)22(31)27(38)40-20-12-21(35(13-20)26(37)24(29(5,6)7)34-28(30)39)25(36)33-16(3)18-8-10-19(11-9-18)23-17(4)32-14-41-23/h8-11,14-16,20-22,24H,12-13,31H2,1-7H3,(H,33,36)(H,34,39)/t16?,20?,21?,22-,24?/m0/s1. The van der Waals surface area contributed by atoms with Crippen molar-refractivity contribution in [2.75, 3.05) is 6.54 Å². The molecule has 41 heavy (non-hydrogen) atoms. The molecule has 3 amide bonds. The lowest BCUT2D eigenvalue weighted by Crippen LogP contribution is -2.57. The Hall–Kier alpha value is -2.58. The van der Waals surface area contributed by atoms with E-state index in [1.807, 2.05) is 78.2 Å². The van der Waals surface area contributed by atoms with E-state index in [1.165, 1.54) is 4.90 Å². The van der Waals surface area contributed by atoms with Crippen LogP contribution in [0, 0.1) is 18.3 Å². The number of halogens is 1. The van der Waals surface area contributed by atoms with Crippen molar-refractivity contribution < 1.29 is 23.9 Å². The van der Waals surface area contributed by atoms with E-state index in [0.29, 0.717) is 0 Å². The Balaban J connectivity index is 1.81. The van der Waals surface area contributed by atoms with Crippen molar-refractivity contribution in [3.05, 3.63) is 41.0 Å². The molecule has 1 aliphatic heterocycles. The van der Waals surface area contributed by atoms with Crippen LogP contribution >= 0.6 is 33.9 Å². The summed E-state index contributed by atoms with van der Waals surface area (Å²) in [6.45, 7) is 13.0. The first-order valence-corrected chi connectivity index (χ1v) is 15.6. The lowest BCUT2D eigenvalue weighted by atomic mass is 9.85. The highest BCUT2D eigenvalue weighted by molar-refractivity contribution is 14.1. The van der Waals surface area contributed by atoms with Crippen molar-refractivity contribution in [2.24, 2.45) is 17.1 Å². The molecule has 2 heterocycles. The van der Waals surface area contributed by atoms with Crippen molar-refractivity contribution in [3.63, 3.8) is 0 Å². The van der Waals surface area contributed by atoms with Crippen LogP contribution in [-0.2, 0) is 19.1 Å².